The van der Waals surface area contributed by atoms with Gasteiger partial charge in [0.25, 0.3) is 0 Å². The van der Waals surface area contributed by atoms with Crippen molar-refractivity contribution in [2.24, 2.45) is 41.2 Å². The minimum absolute atomic E-state index is 0.0873. The predicted octanol–water partition coefficient (Wildman–Crippen LogP) is 5.55. The molecule has 2 aliphatic heterocycles. The van der Waals surface area contributed by atoms with E-state index in [-0.39, 0.29) is 99.1 Å². The molecule has 9 N–H and O–H groups in total. The number of nitrogens with zero attached hydrogens (tertiary/aromatic N) is 4. The molecule has 2 saturated heterocycles. The number of methoxy groups -OCH3 is 2. The molecule has 0 spiro atoms. The summed E-state index contributed by atoms with van der Waals surface area (Å²) in [6.07, 6.45) is 0.806. The van der Waals surface area contributed by atoms with Crippen LogP contribution in [0.4, 0.5) is 15.3 Å². The lowest BCUT2D eigenvalue weighted by Gasteiger charge is -2.41. The number of hydrogen-bond acceptors (Lipinski definition) is 15. The van der Waals surface area contributed by atoms with Gasteiger partial charge in [-0.3, -0.25) is 53.0 Å². The fourth-order valence-corrected chi connectivity index (χ4v) is 12.5. The average molecular weight is 1330 g/mol. The summed E-state index contributed by atoms with van der Waals surface area (Å²) in [6.45, 7) is 20.4. The van der Waals surface area contributed by atoms with Gasteiger partial charge in [0.2, 0.25) is 53.2 Å². The molecule has 0 aliphatic carbocycles. The number of ether oxygens (including phenoxy) is 3. The number of aliphatic hydroxyl groups excluding tert-OH is 1. The number of nitrogens with one attached hydrogen (secondary N) is 6. The van der Waals surface area contributed by atoms with Crippen LogP contribution in [-0.2, 0) is 64.0 Å². The number of unbranched alkanes of at least 4 members (excludes halogenated alkanes) is 2. The van der Waals surface area contributed by atoms with Crippen molar-refractivity contribution in [2.45, 2.75) is 214 Å². The second-order valence-corrected chi connectivity index (χ2v) is 26.6. The Kier molecular flexibility index (Phi) is 32.5. The molecule has 26 nitrogen and oxygen atoms in total. The minimum atomic E-state index is -1.11. The first-order valence-corrected chi connectivity index (χ1v) is 33.6. The van der Waals surface area contributed by atoms with Crippen molar-refractivity contribution in [1.29, 1.82) is 0 Å². The van der Waals surface area contributed by atoms with Crippen molar-refractivity contribution >= 4 is 71.0 Å². The van der Waals surface area contributed by atoms with Crippen LogP contribution in [0.25, 0.3) is 0 Å². The van der Waals surface area contributed by atoms with Gasteiger partial charge >= 0.3 is 12.1 Å². The summed E-state index contributed by atoms with van der Waals surface area (Å²) < 4.78 is 17.8. The van der Waals surface area contributed by atoms with E-state index in [0.29, 0.717) is 61.9 Å². The van der Waals surface area contributed by atoms with Gasteiger partial charge < -0.3 is 66.8 Å². The van der Waals surface area contributed by atoms with Gasteiger partial charge in [0.05, 0.1) is 48.8 Å². The lowest BCUT2D eigenvalue weighted by Crippen LogP contribution is -2.60. The zero-order valence-electron chi connectivity index (χ0n) is 58.6. The molecule has 2 heterocycles. The Morgan fingerprint density at radius 1 is 0.737 bits per heavy atom. The van der Waals surface area contributed by atoms with Gasteiger partial charge in [-0.1, -0.05) is 125 Å². The molecule has 2 fully saturated rings. The summed E-state index contributed by atoms with van der Waals surface area (Å²) >= 11 is 0. The molecule has 4 rings (SSSR count). The molecule has 2 aromatic rings. The molecule has 12 amide bonds. The topological polar surface area (TPSA) is 347 Å². The summed E-state index contributed by atoms with van der Waals surface area (Å²) in [5, 5.41) is 27.7. The third-order valence-corrected chi connectivity index (χ3v) is 18.3. The van der Waals surface area contributed by atoms with Crippen molar-refractivity contribution in [3.8, 4) is 0 Å². The molecule has 1 unspecified atom stereocenters. The van der Waals surface area contributed by atoms with E-state index < -0.39 is 114 Å². The average Bonchev–Trinajstić information content (AvgIpc) is 1.78. The maximum atomic E-state index is 14.8. The van der Waals surface area contributed by atoms with Crippen LogP contribution in [0.3, 0.4) is 0 Å². The highest BCUT2D eigenvalue weighted by Crippen LogP contribution is 2.31. The maximum absolute atomic E-state index is 14.8. The molecule has 26 heteroatoms. The normalized spacial score (nSPS) is 18.3. The van der Waals surface area contributed by atoms with Gasteiger partial charge in [-0.25, -0.2) is 9.59 Å². The van der Waals surface area contributed by atoms with Crippen molar-refractivity contribution < 1.29 is 72.1 Å². The summed E-state index contributed by atoms with van der Waals surface area (Å²) in [5.74, 6) is -5.96. The van der Waals surface area contributed by atoms with Crippen molar-refractivity contribution in [1.82, 2.24) is 46.2 Å². The van der Waals surface area contributed by atoms with Crippen molar-refractivity contribution in [3.63, 3.8) is 0 Å². The Morgan fingerprint density at radius 3 is 1.96 bits per heavy atom. The highest BCUT2D eigenvalue weighted by Gasteiger charge is 2.44. The molecule has 0 radical (unpaired) electrons. The van der Waals surface area contributed by atoms with Crippen LogP contribution in [0.2, 0.25) is 0 Å². The minimum Gasteiger partial charge on any atom is -0.445 e. The number of nitrogens with two attached hydrogens (primary N) is 1. The Balaban J connectivity index is 1.37. The zero-order valence-corrected chi connectivity index (χ0v) is 58.6. The number of carbonyl (C=O) groups excluding carboxylic acids is 11. The summed E-state index contributed by atoms with van der Waals surface area (Å²) in [7, 11) is 6.08. The van der Waals surface area contributed by atoms with E-state index in [1.807, 2.05) is 32.0 Å². The number of amides is 12. The molecule has 0 aromatic heterocycles. The summed E-state index contributed by atoms with van der Waals surface area (Å²) in [4.78, 5) is 153. The van der Waals surface area contributed by atoms with Gasteiger partial charge in [-0.2, -0.15) is 0 Å². The zero-order chi connectivity index (χ0) is 71.0. The first kappa shape index (κ1) is 79.7. The van der Waals surface area contributed by atoms with Crippen LogP contribution in [0.1, 0.15) is 164 Å². The smallest absolute Gasteiger partial charge is 0.410 e. The Morgan fingerprint density at radius 2 is 1.39 bits per heavy atom. The predicted molar refractivity (Wildman–Crippen MR) is 358 cm³/mol. The second kappa shape index (κ2) is 38.7. The van der Waals surface area contributed by atoms with Crippen LogP contribution in [0.15, 0.2) is 54.6 Å². The van der Waals surface area contributed by atoms with Crippen LogP contribution in [0.5, 0.6) is 0 Å². The Hall–Kier alpha value is -7.71. The number of rotatable bonds is 38. The summed E-state index contributed by atoms with van der Waals surface area (Å²) in [6, 6.07) is 8.77. The van der Waals surface area contributed by atoms with E-state index >= 15 is 0 Å². The molecule has 2 aliphatic rings. The van der Waals surface area contributed by atoms with Crippen LogP contribution >= 0.6 is 0 Å². The highest BCUT2D eigenvalue weighted by atomic mass is 16.6. The van der Waals surface area contributed by atoms with Gasteiger partial charge in [0.15, 0.2) is 0 Å². The molecule has 0 saturated carbocycles. The number of hydrogen-bond donors (Lipinski definition) is 8. The van der Waals surface area contributed by atoms with Gasteiger partial charge in [0.1, 0.15) is 30.8 Å². The molecule has 13 atom stereocenters. The Bertz CT molecular complexity index is 2880. The first-order chi connectivity index (χ1) is 44.9. The molecule has 0 bridgehead atoms. The van der Waals surface area contributed by atoms with Gasteiger partial charge in [-0.05, 0) is 92.4 Å². The number of anilines is 1. The highest BCUT2D eigenvalue weighted by molar-refractivity contribution is 6.03. The quantitative estimate of drug-likeness (QED) is 0.0302. The Labute approximate surface area is 561 Å². The fourth-order valence-electron chi connectivity index (χ4n) is 12.5. The number of imide groups is 1. The van der Waals surface area contributed by atoms with E-state index in [1.54, 1.807) is 116 Å². The molecule has 95 heavy (non-hydrogen) atoms. The largest absolute Gasteiger partial charge is 0.445 e. The molecule has 2 aromatic carbocycles. The lowest BCUT2D eigenvalue weighted by molar-refractivity contribution is -0.148. The van der Waals surface area contributed by atoms with Crippen LogP contribution < -0.4 is 37.6 Å². The number of urea groups is 1. The first-order valence-electron chi connectivity index (χ1n) is 33.6. The molecular weight excluding hydrogens is 1220 g/mol. The number of likely N-dealkylation sites (tertiary alicyclic amines) is 2. The second-order valence-electron chi connectivity index (χ2n) is 26.6. The number of primary amides is 1. The van der Waals surface area contributed by atoms with Gasteiger partial charge in [0, 0.05) is 72.4 Å². The molecule has 530 valence electrons. The van der Waals surface area contributed by atoms with E-state index in [0.717, 1.165) is 0 Å². The van der Waals surface area contributed by atoms with E-state index in [4.69, 9.17) is 19.9 Å². The third-order valence-electron chi connectivity index (χ3n) is 18.3. The summed E-state index contributed by atoms with van der Waals surface area (Å²) in [5.41, 5.74) is 6.78. The number of benzene rings is 2. The van der Waals surface area contributed by atoms with Crippen molar-refractivity contribution in [2.75, 3.05) is 53.3 Å². The SMILES string of the molecule is CC[C@H](C)[C@@H]([C@@H](CC(=O)N1CCC[C@H]1[C@H](OC)[C@@H](C)C(=O)N[C@H](C)[C@@H](O)c1ccccc1)OC)N(C)C(=O)[C@@H](NC(=O)[C@H](C(C)C)N(C)C(=O)OCc1ccc(NC(=O)[C@H](CCCNC(N)=O)NC(=O)[C@@H](NC(=O)CCCCCN2C(=O)CC(C)C2=O)C(C)C)cc1)C(C)C. The van der Waals surface area contributed by atoms with E-state index in [2.05, 4.69) is 31.9 Å². The standard InChI is InChI=1S/C69H109N11O15/c1-16-43(8)59(52(93-14)38-55(83)79-36-24-28-51(79)61(94-15)45(10)62(85)72-46(11)60(84)48-25-19-17-20-26-48)77(12)67(90)57(41(4)5)76-65(88)58(42(6)7)78(13)69(92)95-39-47-30-32-49(33-31-47)73-63(86)50(27-23-34-71-68(70)91)74-64(87)56(40(2)3)75-53(81)29-21-18-22-35-80-54(82)37-44(9)66(80)89/h17,19-20,25-26,30-33,40-46,50-52,56-61,84H,16,18,21-24,27-29,34-39H2,1-15H3,(H,72,85)(H,73,86)(H,74,87)(H,75,81)(H,76,88)(H3,70,71,91)/t43-,44?,45+,46+,50-,51-,52+,56-,57-,58-,59-,60+,61+/m0/s1. The monoisotopic (exact) mass is 1330 g/mol. The lowest BCUT2D eigenvalue weighted by atomic mass is 9.89. The number of aliphatic hydroxyl groups is 1. The number of likely N-dealkylation sites (N-methyl/N-ethyl adjacent to an activating group) is 2. The molecular formula is C69H109N11O15. The third kappa shape index (κ3) is 23.3. The van der Waals surface area contributed by atoms with Crippen molar-refractivity contribution in [3.05, 3.63) is 65.7 Å². The van der Waals surface area contributed by atoms with Gasteiger partial charge in [-0.15, -0.1) is 0 Å². The maximum Gasteiger partial charge on any atom is 0.410 e. The number of carbonyl (C=O) groups is 11. The van der Waals surface area contributed by atoms with Crippen LogP contribution in [-0.4, -0.2) is 192 Å². The van der Waals surface area contributed by atoms with Crippen LogP contribution in [0, 0.1) is 35.5 Å². The van der Waals surface area contributed by atoms with E-state index in [9.17, 15) is 57.8 Å². The fraction of sp³-hybridized carbons (Fsp3) is 0.667. The van der Waals surface area contributed by atoms with E-state index in [1.165, 1.54) is 31.1 Å².